The van der Waals surface area contributed by atoms with Gasteiger partial charge in [0.2, 0.25) is 0 Å². The molecule has 28 heavy (non-hydrogen) atoms. The van der Waals surface area contributed by atoms with Crippen molar-refractivity contribution in [2.75, 3.05) is 26.2 Å². The Balaban J connectivity index is 1.58. The lowest BCUT2D eigenvalue weighted by molar-refractivity contribution is 0.0790. The van der Waals surface area contributed by atoms with Crippen molar-refractivity contribution >= 4 is 28.9 Å². The van der Waals surface area contributed by atoms with Gasteiger partial charge in [-0.05, 0) is 19.1 Å². The molecule has 4 rings (SSSR count). The molecule has 3 aliphatic rings. The summed E-state index contributed by atoms with van der Waals surface area (Å²) >= 11 is 6.00. The molecule has 0 radical (unpaired) electrons. The fourth-order valence-electron chi connectivity index (χ4n) is 3.10. The number of allylic oxidation sites excluding steroid dienone is 1. The fraction of sp³-hybridized carbons (Fsp3) is 0.316. The number of hydrogen-bond acceptors (Lipinski definition) is 6. The number of carbonyl (C=O) groups is 1. The van der Waals surface area contributed by atoms with E-state index in [0.717, 1.165) is 0 Å². The van der Waals surface area contributed by atoms with Crippen molar-refractivity contribution in [3.8, 4) is 5.75 Å². The monoisotopic (exact) mass is 403 g/mol. The number of benzene rings is 1. The third-order valence-corrected chi connectivity index (χ3v) is 5.19. The Morgan fingerprint density at radius 3 is 2.86 bits per heavy atom. The molecule has 0 saturated carbocycles. The van der Waals surface area contributed by atoms with E-state index in [-0.39, 0.29) is 36.4 Å². The molecule has 0 bridgehead atoms. The molecular formula is C19H19ClFN5O2. The zero-order valence-electron chi connectivity index (χ0n) is 15.2. The first-order valence-electron chi connectivity index (χ1n) is 8.87. The molecule has 146 valence electrons. The average molecular weight is 404 g/mol. The lowest BCUT2D eigenvalue weighted by Gasteiger charge is -2.29. The summed E-state index contributed by atoms with van der Waals surface area (Å²) in [4.78, 5) is 19.0. The molecule has 1 aromatic carbocycles. The van der Waals surface area contributed by atoms with E-state index in [1.54, 1.807) is 13.1 Å². The zero-order chi connectivity index (χ0) is 19.8. The molecule has 2 saturated heterocycles. The topological polar surface area (TPSA) is 89.8 Å². The molecule has 2 fully saturated rings. The predicted molar refractivity (Wildman–Crippen MR) is 105 cm³/mol. The molecule has 3 heterocycles. The van der Waals surface area contributed by atoms with Crippen LogP contribution in [0, 0.1) is 11.2 Å². The predicted octanol–water partition coefficient (Wildman–Crippen LogP) is 2.01. The molecule has 1 aromatic rings. The van der Waals surface area contributed by atoms with Crippen LogP contribution in [0.1, 0.15) is 17.3 Å². The fourth-order valence-corrected chi connectivity index (χ4v) is 3.20. The van der Waals surface area contributed by atoms with E-state index in [2.05, 4.69) is 15.6 Å². The number of ether oxygens (including phenoxy) is 1. The van der Waals surface area contributed by atoms with Crippen molar-refractivity contribution in [3.63, 3.8) is 0 Å². The molecule has 3 N–H and O–H groups in total. The van der Waals surface area contributed by atoms with Crippen molar-refractivity contribution in [1.82, 2.24) is 15.5 Å². The zero-order valence-corrected chi connectivity index (χ0v) is 15.9. The molecular weight excluding hydrogens is 385 g/mol. The van der Waals surface area contributed by atoms with Crippen molar-refractivity contribution in [2.24, 2.45) is 4.99 Å². The van der Waals surface area contributed by atoms with Gasteiger partial charge in [0.1, 0.15) is 23.5 Å². The van der Waals surface area contributed by atoms with Crippen LogP contribution in [-0.4, -0.2) is 54.5 Å². The van der Waals surface area contributed by atoms with Crippen molar-refractivity contribution in [3.05, 3.63) is 52.2 Å². The van der Waals surface area contributed by atoms with Gasteiger partial charge in [0.05, 0.1) is 35.1 Å². The van der Waals surface area contributed by atoms with Gasteiger partial charge in [0.15, 0.2) is 0 Å². The molecule has 1 amide bonds. The van der Waals surface area contributed by atoms with Crippen molar-refractivity contribution < 1.29 is 13.9 Å². The molecule has 0 aliphatic carbocycles. The van der Waals surface area contributed by atoms with E-state index >= 15 is 0 Å². The highest BCUT2D eigenvalue weighted by atomic mass is 35.5. The molecule has 0 spiro atoms. The van der Waals surface area contributed by atoms with Crippen molar-refractivity contribution in [1.29, 1.82) is 5.41 Å². The van der Waals surface area contributed by atoms with E-state index in [9.17, 15) is 9.18 Å². The second-order valence-corrected chi connectivity index (χ2v) is 7.25. The Morgan fingerprint density at radius 1 is 1.39 bits per heavy atom. The first kappa shape index (κ1) is 18.6. The summed E-state index contributed by atoms with van der Waals surface area (Å²) in [5.74, 6) is -0.0368. The molecule has 0 aromatic heterocycles. The minimum atomic E-state index is -0.462. The lowest BCUT2D eigenvalue weighted by Crippen LogP contribution is -2.50. The van der Waals surface area contributed by atoms with E-state index in [1.165, 1.54) is 23.1 Å². The third kappa shape index (κ3) is 3.53. The normalized spacial score (nSPS) is 22.4. The van der Waals surface area contributed by atoms with Gasteiger partial charge in [0, 0.05) is 30.9 Å². The van der Waals surface area contributed by atoms with Crippen LogP contribution in [0.15, 0.2) is 45.8 Å². The lowest BCUT2D eigenvalue weighted by atomic mass is 10.1. The minimum Gasteiger partial charge on any atom is -0.487 e. The van der Waals surface area contributed by atoms with Crippen molar-refractivity contribution in [2.45, 2.75) is 13.0 Å². The largest absolute Gasteiger partial charge is 0.487 e. The minimum absolute atomic E-state index is 0.0804. The smallest absolute Gasteiger partial charge is 0.258 e. The number of hydrogen-bond donors (Lipinski definition) is 3. The molecule has 9 heteroatoms. The number of amides is 1. The summed E-state index contributed by atoms with van der Waals surface area (Å²) in [6.07, 6.45) is 1.53. The van der Waals surface area contributed by atoms with Crippen LogP contribution in [-0.2, 0) is 0 Å². The van der Waals surface area contributed by atoms with Crippen LogP contribution < -0.4 is 15.4 Å². The maximum atomic E-state index is 13.7. The first-order chi connectivity index (χ1) is 13.4. The van der Waals surface area contributed by atoms with E-state index in [1.807, 2.05) is 0 Å². The molecule has 0 atom stereocenters. The van der Waals surface area contributed by atoms with E-state index < -0.39 is 5.82 Å². The SMILES string of the molecule is CC1=N/C(=C2\CN(C(=O)c3ccc(F)cc3OC3CNC3)CC2=N)NC=C1Cl. The van der Waals surface area contributed by atoms with Crippen LogP contribution in [0.4, 0.5) is 4.39 Å². The summed E-state index contributed by atoms with van der Waals surface area (Å²) in [5, 5.41) is 14.8. The van der Waals surface area contributed by atoms with E-state index in [0.29, 0.717) is 40.9 Å². The van der Waals surface area contributed by atoms with Gasteiger partial charge in [-0.1, -0.05) is 11.6 Å². The van der Waals surface area contributed by atoms with E-state index in [4.69, 9.17) is 21.7 Å². The van der Waals surface area contributed by atoms with Gasteiger partial charge in [-0.3, -0.25) is 4.79 Å². The number of nitrogens with one attached hydrogen (secondary N) is 3. The number of nitrogens with zero attached hydrogens (tertiary/aromatic N) is 2. The standard InChI is InChI=1S/C19H19ClFN5O2/c1-10-15(20)7-24-18(25-10)14-8-26(9-16(14)22)19(27)13-3-2-11(21)4-17(13)28-12-5-23-6-12/h2-4,7,12,22-24H,5-6,8-9H2,1H3/b18-14+,22-16?. The third-order valence-electron chi connectivity index (χ3n) is 4.81. The van der Waals surface area contributed by atoms with Gasteiger partial charge in [-0.25, -0.2) is 9.38 Å². The number of carbonyl (C=O) groups excluding carboxylic acids is 1. The Bertz CT molecular complexity index is 952. The number of likely N-dealkylation sites (tertiary alicyclic amines) is 1. The van der Waals surface area contributed by atoms with Crippen LogP contribution in [0.3, 0.4) is 0 Å². The maximum absolute atomic E-state index is 13.7. The highest BCUT2D eigenvalue weighted by Crippen LogP contribution is 2.27. The second-order valence-electron chi connectivity index (χ2n) is 6.84. The van der Waals surface area contributed by atoms with Gasteiger partial charge >= 0.3 is 0 Å². The summed E-state index contributed by atoms with van der Waals surface area (Å²) in [6, 6.07) is 3.90. The Kier molecular flexibility index (Phi) is 4.91. The second kappa shape index (κ2) is 7.37. The number of rotatable bonds is 3. The highest BCUT2D eigenvalue weighted by Gasteiger charge is 2.32. The number of halogens is 2. The average Bonchev–Trinajstić information content (AvgIpc) is 3.02. The summed E-state index contributed by atoms with van der Waals surface area (Å²) in [5.41, 5.74) is 1.85. The maximum Gasteiger partial charge on any atom is 0.258 e. The Hall–Kier alpha value is -2.71. The first-order valence-corrected chi connectivity index (χ1v) is 9.25. The summed E-state index contributed by atoms with van der Waals surface area (Å²) in [6.45, 7) is 3.47. The summed E-state index contributed by atoms with van der Waals surface area (Å²) in [7, 11) is 0. The number of aliphatic imine (C=N–C) groups is 1. The molecule has 0 unspecified atom stereocenters. The van der Waals surface area contributed by atoms with Crippen LogP contribution in [0.5, 0.6) is 5.75 Å². The van der Waals surface area contributed by atoms with Crippen LogP contribution in [0.2, 0.25) is 0 Å². The van der Waals surface area contributed by atoms with Crippen LogP contribution >= 0.6 is 11.6 Å². The van der Waals surface area contributed by atoms with Gasteiger partial charge < -0.3 is 25.7 Å². The highest BCUT2D eigenvalue weighted by molar-refractivity contribution is 6.43. The summed E-state index contributed by atoms with van der Waals surface area (Å²) < 4.78 is 19.5. The van der Waals surface area contributed by atoms with Crippen LogP contribution in [0.25, 0.3) is 0 Å². The molecule has 7 nitrogen and oxygen atoms in total. The quantitative estimate of drug-likeness (QED) is 0.720. The molecule has 3 aliphatic heterocycles. The van der Waals surface area contributed by atoms with Gasteiger partial charge in [-0.15, -0.1) is 0 Å². The Morgan fingerprint density at radius 2 is 2.18 bits per heavy atom. The van der Waals surface area contributed by atoms with Gasteiger partial charge in [0.25, 0.3) is 5.91 Å². The van der Waals surface area contributed by atoms with Gasteiger partial charge in [-0.2, -0.15) is 0 Å². The Labute approximate surface area is 166 Å².